The van der Waals surface area contributed by atoms with Gasteiger partial charge >= 0.3 is 0 Å². The van der Waals surface area contributed by atoms with Crippen LogP contribution < -0.4 is 10.1 Å². The molecule has 5 heteroatoms. The molecule has 21 heavy (non-hydrogen) atoms. The van der Waals surface area contributed by atoms with Crippen molar-refractivity contribution in [2.75, 3.05) is 13.7 Å². The van der Waals surface area contributed by atoms with Gasteiger partial charge in [-0.15, -0.1) is 0 Å². The van der Waals surface area contributed by atoms with E-state index in [1.54, 1.807) is 18.2 Å². The molecule has 0 saturated carbocycles. The van der Waals surface area contributed by atoms with Crippen LogP contribution in [0, 0.1) is 5.92 Å². The minimum Gasteiger partial charge on any atom is -0.504 e. The maximum Gasteiger partial charge on any atom is 0.261 e. The van der Waals surface area contributed by atoms with Crippen LogP contribution in [-0.4, -0.2) is 25.5 Å². The van der Waals surface area contributed by atoms with Gasteiger partial charge in [-0.2, -0.15) is 0 Å². The number of hydrogen-bond acceptors (Lipinski definition) is 4. The molecule has 0 atom stereocenters. The van der Waals surface area contributed by atoms with Crippen LogP contribution in [0.15, 0.2) is 24.5 Å². The number of benzene rings is 1. The number of nitrogens with one attached hydrogen (secondary N) is 1. The minimum atomic E-state index is -0.464. The third kappa shape index (κ3) is 3.42. The average molecular weight is 289 g/mol. The van der Waals surface area contributed by atoms with Gasteiger partial charge in [0.2, 0.25) is 0 Å². The Balaban J connectivity index is 2.29. The molecule has 0 fully saturated rings. The van der Waals surface area contributed by atoms with E-state index >= 15 is 0 Å². The van der Waals surface area contributed by atoms with Crippen molar-refractivity contribution in [3.05, 3.63) is 35.6 Å². The molecule has 0 aromatic heterocycles. The van der Waals surface area contributed by atoms with Crippen LogP contribution in [0.25, 0.3) is 5.57 Å². The smallest absolute Gasteiger partial charge is 0.261 e. The predicted octanol–water partition coefficient (Wildman–Crippen LogP) is 2.37. The lowest BCUT2D eigenvalue weighted by Gasteiger charge is -2.19. The number of hydrogen-bond donors (Lipinski definition) is 1. The number of carbonyl (C=O) groups is 2. The summed E-state index contributed by atoms with van der Waals surface area (Å²) < 4.78 is 10.6. The Morgan fingerprint density at radius 2 is 1.95 bits per heavy atom. The molecule has 2 rings (SSSR count). The highest BCUT2D eigenvalue weighted by atomic mass is 16.5. The molecule has 1 aromatic carbocycles. The summed E-state index contributed by atoms with van der Waals surface area (Å²) >= 11 is 0. The van der Waals surface area contributed by atoms with E-state index in [-0.39, 0.29) is 0 Å². The van der Waals surface area contributed by atoms with Crippen molar-refractivity contribution in [2.24, 2.45) is 5.92 Å². The van der Waals surface area contributed by atoms with Gasteiger partial charge in [0.05, 0.1) is 25.6 Å². The van der Waals surface area contributed by atoms with Crippen LogP contribution in [0.5, 0.6) is 5.75 Å². The Morgan fingerprint density at radius 3 is 2.62 bits per heavy atom. The maximum absolute atomic E-state index is 11.9. The van der Waals surface area contributed by atoms with Gasteiger partial charge in [-0.1, -0.05) is 13.8 Å². The molecule has 5 nitrogen and oxygen atoms in total. The van der Waals surface area contributed by atoms with Crippen LogP contribution >= 0.6 is 0 Å². The number of ether oxygens (including phenoxy) is 2. The Kier molecular flexibility index (Phi) is 4.62. The van der Waals surface area contributed by atoms with Gasteiger partial charge in [0.1, 0.15) is 5.75 Å². The highest BCUT2D eigenvalue weighted by Crippen LogP contribution is 2.28. The maximum atomic E-state index is 11.9. The van der Waals surface area contributed by atoms with Crippen LogP contribution in [0.4, 0.5) is 0 Å². The highest BCUT2D eigenvalue weighted by molar-refractivity contribution is 6.30. The molecule has 1 aromatic rings. The summed E-state index contributed by atoms with van der Waals surface area (Å²) in [6.45, 7) is 4.84. The molecule has 2 amide bonds. The predicted molar refractivity (Wildman–Crippen MR) is 78.9 cm³/mol. The largest absolute Gasteiger partial charge is 0.504 e. The third-order valence-corrected chi connectivity index (χ3v) is 3.20. The van der Waals surface area contributed by atoms with Gasteiger partial charge in [0, 0.05) is 11.1 Å². The van der Waals surface area contributed by atoms with Crippen LogP contribution in [-0.2, 0) is 9.53 Å². The fourth-order valence-corrected chi connectivity index (χ4v) is 2.04. The minimum absolute atomic E-state index is 0.321. The molecule has 1 N–H and O–H groups in total. The number of fused-ring (bicyclic) bond motifs is 1. The molecule has 0 radical (unpaired) electrons. The first kappa shape index (κ1) is 15.1. The summed E-state index contributed by atoms with van der Waals surface area (Å²) in [5.41, 5.74) is 1.29. The van der Waals surface area contributed by atoms with Crippen molar-refractivity contribution in [3.8, 4) is 5.75 Å². The average Bonchev–Trinajstić information content (AvgIpc) is 2.43. The van der Waals surface area contributed by atoms with E-state index < -0.39 is 11.8 Å². The summed E-state index contributed by atoms with van der Waals surface area (Å²) in [5, 5.41) is 2.28. The summed E-state index contributed by atoms with van der Waals surface area (Å²) in [4.78, 5) is 23.7. The summed E-state index contributed by atoms with van der Waals surface area (Å²) in [6.07, 6.45) is 2.27. The molecule has 1 aliphatic heterocycles. The molecular weight excluding hydrogens is 270 g/mol. The zero-order valence-corrected chi connectivity index (χ0v) is 12.4. The van der Waals surface area contributed by atoms with Crippen molar-refractivity contribution < 1.29 is 19.1 Å². The Hall–Kier alpha value is -2.30. The van der Waals surface area contributed by atoms with E-state index in [2.05, 4.69) is 19.2 Å². The van der Waals surface area contributed by atoms with Crippen molar-refractivity contribution in [1.82, 2.24) is 5.32 Å². The second kappa shape index (κ2) is 6.43. The third-order valence-electron chi connectivity index (χ3n) is 3.20. The normalized spacial score (nSPS) is 15.9. The molecule has 0 unspecified atom stereocenters. The number of imide groups is 1. The summed E-state index contributed by atoms with van der Waals surface area (Å²) in [5.74, 6) is 0.323. The van der Waals surface area contributed by atoms with E-state index in [0.29, 0.717) is 35.0 Å². The fraction of sp³-hybridized carbons (Fsp3) is 0.375. The molecule has 1 aliphatic rings. The fourth-order valence-electron chi connectivity index (χ4n) is 2.04. The zero-order valence-electron chi connectivity index (χ0n) is 12.4. The second-order valence-corrected chi connectivity index (χ2v) is 5.29. The molecular formula is C16H19NO4. The van der Waals surface area contributed by atoms with E-state index in [1.165, 1.54) is 13.4 Å². The Labute approximate surface area is 123 Å². The number of carbonyl (C=O) groups excluding carboxylic acids is 2. The lowest BCUT2D eigenvalue weighted by molar-refractivity contribution is -0.114. The summed E-state index contributed by atoms with van der Waals surface area (Å²) in [7, 11) is 1.46. The first-order valence-electron chi connectivity index (χ1n) is 6.88. The molecule has 112 valence electrons. The van der Waals surface area contributed by atoms with Crippen LogP contribution in [0.2, 0.25) is 0 Å². The second-order valence-electron chi connectivity index (χ2n) is 5.29. The Bertz CT molecular complexity index is 590. The number of amides is 2. The first-order chi connectivity index (χ1) is 10.0. The van der Waals surface area contributed by atoms with E-state index in [1.807, 2.05) is 0 Å². The molecule has 0 bridgehead atoms. The van der Waals surface area contributed by atoms with Gasteiger partial charge in [-0.25, -0.2) is 0 Å². The molecule has 0 aliphatic carbocycles. The standard InChI is InChI=1S/C16H19NO4/c1-10(2)6-7-21-11-4-5-12-13(8-11)14(9-20-3)16(19)17-15(12)18/h4-5,8-10H,6-7H2,1-3H3,(H,17,18,19)/b14-9-. The van der Waals surface area contributed by atoms with Gasteiger partial charge in [-0.05, 0) is 30.5 Å². The van der Waals surface area contributed by atoms with Gasteiger partial charge in [0.25, 0.3) is 11.8 Å². The monoisotopic (exact) mass is 289 g/mol. The topological polar surface area (TPSA) is 64.6 Å². The molecule has 0 saturated heterocycles. The first-order valence-corrected chi connectivity index (χ1v) is 6.88. The van der Waals surface area contributed by atoms with Crippen LogP contribution in [0.1, 0.15) is 36.2 Å². The number of methoxy groups -OCH3 is 1. The molecule has 0 spiro atoms. The van der Waals surface area contributed by atoms with Crippen molar-refractivity contribution >= 4 is 17.4 Å². The van der Waals surface area contributed by atoms with E-state index in [0.717, 1.165) is 6.42 Å². The lowest BCUT2D eigenvalue weighted by Crippen LogP contribution is -2.36. The highest BCUT2D eigenvalue weighted by Gasteiger charge is 2.28. The van der Waals surface area contributed by atoms with Crippen molar-refractivity contribution in [2.45, 2.75) is 20.3 Å². The zero-order chi connectivity index (χ0) is 15.4. The van der Waals surface area contributed by atoms with Crippen molar-refractivity contribution in [1.29, 1.82) is 0 Å². The van der Waals surface area contributed by atoms with Gasteiger partial charge < -0.3 is 9.47 Å². The summed E-state index contributed by atoms with van der Waals surface area (Å²) in [6, 6.07) is 5.10. The quantitative estimate of drug-likeness (QED) is 0.513. The van der Waals surface area contributed by atoms with E-state index in [4.69, 9.17) is 9.47 Å². The SMILES string of the molecule is CO/C=C1\C(=O)NC(=O)c2ccc(OCCC(C)C)cc21. The van der Waals surface area contributed by atoms with Gasteiger partial charge in [-0.3, -0.25) is 14.9 Å². The lowest BCUT2D eigenvalue weighted by atomic mass is 9.95. The Morgan fingerprint density at radius 1 is 1.19 bits per heavy atom. The van der Waals surface area contributed by atoms with Gasteiger partial charge in [0.15, 0.2) is 0 Å². The number of rotatable bonds is 5. The van der Waals surface area contributed by atoms with Crippen molar-refractivity contribution in [3.63, 3.8) is 0 Å². The van der Waals surface area contributed by atoms with Crippen LogP contribution in [0.3, 0.4) is 0 Å². The van der Waals surface area contributed by atoms with E-state index in [9.17, 15) is 9.59 Å². The molecule has 1 heterocycles.